The largest absolute Gasteiger partial charge is 0.416 e. The Kier molecular flexibility index (Phi) is 6.21. The lowest BCUT2D eigenvalue weighted by molar-refractivity contribution is -0.137. The van der Waals surface area contributed by atoms with Crippen molar-refractivity contribution in [2.45, 2.75) is 23.5 Å². The van der Waals surface area contributed by atoms with E-state index in [1.807, 2.05) is 30.3 Å². The first-order valence-corrected chi connectivity index (χ1v) is 8.93. The van der Waals surface area contributed by atoms with Gasteiger partial charge in [-0.05, 0) is 36.2 Å². The highest BCUT2D eigenvalue weighted by Crippen LogP contribution is 2.29. The van der Waals surface area contributed by atoms with Crippen LogP contribution < -0.4 is 4.72 Å². The Bertz CT molecular complexity index is 775. The van der Waals surface area contributed by atoms with Crippen LogP contribution in [0.2, 0.25) is 0 Å². The number of ether oxygens (including phenoxy) is 1. The van der Waals surface area contributed by atoms with Crippen molar-refractivity contribution in [3.63, 3.8) is 0 Å². The Morgan fingerprint density at radius 1 is 1.04 bits per heavy atom. The lowest BCUT2D eigenvalue weighted by Gasteiger charge is -2.18. The minimum atomic E-state index is -4.51. The molecule has 1 unspecified atom stereocenters. The molecule has 0 saturated carbocycles. The molecule has 0 aromatic heterocycles. The highest BCUT2D eigenvalue weighted by atomic mass is 32.2. The second-order valence-corrected chi connectivity index (χ2v) is 7.20. The first kappa shape index (κ1) is 19.4. The number of sulfonamides is 1. The van der Waals surface area contributed by atoms with Crippen LogP contribution in [0.3, 0.4) is 0 Å². The third kappa shape index (κ3) is 5.55. The Morgan fingerprint density at radius 2 is 1.64 bits per heavy atom. The molecule has 136 valence electrons. The Hall–Kier alpha value is -1.90. The second-order valence-electron chi connectivity index (χ2n) is 5.49. The van der Waals surface area contributed by atoms with E-state index < -0.39 is 27.8 Å². The van der Waals surface area contributed by atoms with Crippen molar-refractivity contribution in [1.82, 2.24) is 4.72 Å². The zero-order valence-corrected chi connectivity index (χ0v) is 14.3. The standard InChI is InChI=1S/C17H18F3NO3S/c1-24-12-15(11-13-5-3-2-4-6-13)21-25(22,23)16-9-7-14(8-10-16)17(18,19)20/h2-10,15,21H,11-12H2,1H3. The normalized spacial score (nSPS) is 13.6. The smallest absolute Gasteiger partial charge is 0.383 e. The van der Waals surface area contributed by atoms with Gasteiger partial charge in [0.15, 0.2) is 0 Å². The predicted octanol–water partition coefficient (Wildman–Crippen LogP) is 3.24. The van der Waals surface area contributed by atoms with Crippen LogP contribution in [0.15, 0.2) is 59.5 Å². The molecular weight excluding hydrogens is 355 g/mol. The van der Waals surface area contributed by atoms with Crippen LogP contribution in [0.5, 0.6) is 0 Å². The molecule has 2 rings (SSSR count). The van der Waals surface area contributed by atoms with E-state index in [0.717, 1.165) is 29.8 Å². The molecule has 1 atom stereocenters. The van der Waals surface area contributed by atoms with Gasteiger partial charge < -0.3 is 4.74 Å². The van der Waals surface area contributed by atoms with Gasteiger partial charge in [0.1, 0.15) is 0 Å². The molecule has 25 heavy (non-hydrogen) atoms. The molecule has 0 bridgehead atoms. The molecule has 0 radical (unpaired) electrons. The van der Waals surface area contributed by atoms with Crippen molar-refractivity contribution in [2.24, 2.45) is 0 Å². The molecule has 0 fully saturated rings. The average Bonchev–Trinajstić information content (AvgIpc) is 2.55. The van der Waals surface area contributed by atoms with Gasteiger partial charge in [-0.15, -0.1) is 0 Å². The zero-order chi connectivity index (χ0) is 18.5. The number of alkyl halides is 3. The molecule has 2 aromatic rings. The first-order valence-electron chi connectivity index (χ1n) is 7.45. The average molecular weight is 373 g/mol. The summed E-state index contributed by atoms with van der Waals surface area (Å²) in [7, 11) is -2.51. The summed E-state index contributed by atoms with van der Waals surface area (Å²) in [5.74, 6) is 0. The second kappa shape index (κ2) is 7.99. The van der Waals surface area contributed by atoms with Crippen molar-refractivity contribution >= 4 is 10.0 Å². The monoisotopic (exact) mass is 373 g/mol. The van der Waals surface area contributed by atoms with Crippen LogP contribution in [0.1, 0.15) is 11.1 Å². The van der Waals surface area contributed by atoms with Crippen molar-refractivity contribution in [3.8, 4) is 0 Å². The lowest BCUT2D eigenvalue weighted by Crippen LogP contribution is -2.39. The van der Waals surface area contributed by atoms with Crippen LogP contribution in [0.4, 0.5) is 13.2 Å². The maximum absolute atomic E-state index is 12.6. The van der Waals surface area contributed by atoms with E-state index in [1.54, 1.807) is 0 Å². The number of nitrogens with one attached hydrogen (secondary N) is 1. The molecular formula is C17H18F3NO3S. The van der Waals surface area contributed by atoms with E-state index in [0.29, 0.717) is 6.42 Å². The highest BCUT2D eigenvalue weighted by Gasteiger charge is 2.31. The van der Waals surface area contributed by atoms with Crippen LogP contribution in [-0.4, -0.2) is 28.2 Å². The van der Waals surface area contributed by atoms with E-state index in [4.69, 9.17) is 4.74 Å². The van der Waals surface area contributed by atoms with Gasteiger partial charge in [0.2, 0.25) is 10.0 Å². The minimum Gasteiger partial charge on any atom is -0.383 e. The maximum Gasteiger partial charge on any atom is 0.416 e. The van der Waals surface area contributed by atoms with Gasteiger partial charge in [0, 0.05) is 13.2 Å². The molecule has 8 heteroatoms. The molecule has 0 saturated heterocycles. The highest BCUT2D eigenvalue weighted by molar-refractivity contribution is 7.89. The molecule has 0 spiro atoms. The molecule has 0 aliphatic heterocycles. The number of methoxy groups -OCH3 is 1. The molecule has 0 aliphatic carbocycles. The Labute approximate surface area is 144 Å². The lowest BCUT2D eigenvalue weighted by atomic mass is 10.1. The third-order valence-corrected chi connectivity index (χ3v) is 5.04. The van der Waals surface area contributed by atoms with Gasteiger partial charge in [-0.2, -0.15) is 13.2 Å². The quantitative estimate of drug-likeness (QED) is 0.811. The van der Waals surface area contributed by atoms with E-state index in [2.05, 4.69) is 4.72 Å². The zero-order valence-electron chi connectivity index (χ0n) is 13.5. The van der Waals surface area contributed by atoms with E-state index in [1.165, 1.54) is 7.11 Å². The first-order chi connectivity index (χ1) is 11.7. The molecule has 0 heterocycles. The summed E-state index contributed by atoms with van der Waals surface area (Å²) >= 11 is 0. The van der Waals surface area contributed by atoms with E-state index >= 15 is 0 Å². The van der Waals surface area contributed by atoms with Gasteiger partial charge in [0.25, 0.3) is 0 Å². The fourth-order valence-corrected chi connectivity index (χ4v) is 3.57. The van der Waals surface area contributed by atoms with Gasteiger partial charge in [-0.25, -0.2) is 13.1 Å². The van der Waals surface area contributed by atoms with Crippen LogP contribution in [0.25, 0.3) is 0 Å². The maximum atomic E-state index is 12.6. The van der Waals surface area contributed by atoms with Crippen LogP contribution in [-0.2, 0) is 27.4 Å². The fraction of sp³-hybridized carbons (Fsp3) is 0.294. The van der Waals surface area contributed by atoms with Gasteiger partial charge in [-0.1, -0.05) is 30.3 Å². The number of benzene rings is 2. The number of hydrogen-bond acceptors (Lipinski definition) is 3. The number of hydrogen-bond donors (Lipinski definition) is 1. The Morgan fingerprint density at radius 3 is 2.16 bits per heavy atom. The molecule has 2 aromatic carbocycles. The van der Waals surface area contributed by atoms with Crippen molar-refractivity contribution in [2.75, 3.05) is 13.7 Å². The van der Waals surface area contributed by atoms with Gasteiger partial charge >= 0.3 is 6.18 Å². The Balaban J connectivity index is 2.16. The summed E-state index contributed by atoms with van der Waals surface area (Å²) in [5.41, 5.74) is 0.0175. The van der Waals surface area contributed by atoms with Crippen molar-refractivity contribution in [3.05, 3.63) is 65.7 Å². The molecule has 1 N–H and O–H groups in total. The minimum absolute atomic E-state index is 0.134. The predicted molar refractivity (Wildman–Crippen MR) is 87.6 cm³/mol. The van der Waals surface area contributed by atoms with Gasteiger partial charge in [-0.3, -0.25) is 0 Å². The summed E-state index contributed by atoms with van der Waals surface area (Å²) in [6.45, 7) is 0.134. The summed E-state index contributed by atoms with van der Waals surface area (Å²) in [5, 5.41) is 0. The molecule has 4 nitrogen and oxygen atoms in total. The summed E-state index contributed by atoms with van der Waals surface area (Å²) in [6, 6.07) is 12.1. The summed E-state index contributed by atoms with van der Waals surface area (Å²) < 4.78 is 70.1. The van der Waals surface area contributed by atoms with Crippen LogP contribution in [0, 0.1) is 0 Å². The van der Waals surface area contributed by atoms with Gasteiger partial charge in [0.05, 0.1) is 17.1 Å². The van der Waals surface area contributed by atoms with E-state index in [-0.39, 0.29) is 11.5 Å². The molecule has 0 aliphatic rings. The topological polar surface area (TPSA) is 55.4 Å². The molecule has 0 amide bonds. The van der Waals surface area contributed by atoms with E-state index in [9.17, 15) is 21.6 Å². The van der Waals surface area contributed by atoms with Crippen LogP contribution >= 0.6 is 0 Å². The fourth-order valence-electron chi connectivity index (χ4n) is 2.34. The number of rotatable bonds is 7. The SMILES string of the molecule is COCC(Cc1ccccc1)NS(=O)(=O)c1ccc(C(F)(F)F)cc1. The third-order valence-electron chi connectivity index (χ3n) is 3.51. The van der Waals surface area contributed by atoms with Crippen molar-refractivity contribution in [1.29, 1.82) is 0 Å². The number of halogens is 3. The summed E-state index contributed by atoms with van der Waals surface area (Å²) in [4.78, 5) is -0.227. The van der Waals surface area contributed by atoms with Crippen molar-refractivity contribution < 1.29 is 26.3 Å². The summed E-state index contributed by atoms with van der Waals surface area (Å²) in [6.07, 6.45) is -4.11.